The maximum absolute atomic E-state index is 13.3. The van der Waals surface area contributed by atoms with E-state index in [-0.39, 0.29) is 11.1 Å². The van der Waals surface area contributed by atoms with Gasteiger partial charge in [-0.3, -0.25) is 9.78 Å². The molecule has 2 heterocycles. The molecule has 1 amide bonds. The van der Waals surface area contributed by atoms with Gasteiger partial charge in [-0.25, -0.2) is 9.07 Å². The quantitative estimate of drug-likeness (QED) is 0.781. The van der Waals surface area contributed by atoms with Crippen LogP contribution in [-0.2, 0) is 4.79 Å². The van der Waals surface area contributed by atoms with Gasteiger partial charge in [0.15, 0.2) is 5.15 Å². The molecule has 0 fully saturated rings. The fourth-order valence-corrected chi connectivity index (χ4v) is 2.45. The SMILES string of the molecule is CCC=C(C)C(=O)N(CC)c1cn(-c2cncc(F)c2)nc1Cl. The van der Waals surface area contributed by atoms with Gasteiger partial charge in [0, 0.05) is 18.2 Å². The third kappa shape index (κ3) is 3.76. The van der Waals surface area contributed by atoms with Crippen molar-refractivity contribution in [1.29, 1.82) is 0 Å². The smallest absolute Gasteiger partial charge is 0.253 e. The number of carbonyl (C=O) groups excluding carboxylic acids is 1. The molecule has 0 saturated carbocycles. The molecule has 0 spiro atoms. The molecule has 0 radical (unpaired) electrons. The van der Waals surface area contributed by atoms with Crippen LogP contribution in [0.5, 0.6) is 0 Å². The van der Waals surface area contributed by atoms with Gasteiger partial charge >= 0.3 is 0 Å². The Labute approximate surface area is 139 Å². The van der Waals surface area contributed by atoms with Crippen molar-refractivity contribution in [3.63, 3.8) is 0 Å². The largest absolute Gasteiger partial charge is 0.305 e. The van der Waals surface area contributed by atoms with Gasteiger partial charge in [0.05, 0.1) is 24.3 Å². The highest BCUT2D eigenvalue weighted by atomic mass is 35.5. The van der Waals surface area contributed by atoms with Crippen LogP contribution in [0.15, 0.2) is 36.3 Å². The lowest BCUT2D eigenvalue weighted by atomic mass is 10.2. The average Bonchev–Trinajstić information content (AvgIpc) is 2.90. The maximum atomic E-state index is 13.3. The van der Waals surface area contributed by atoms with Gasteiger partial charge in [-0.1, -0.05) is 24.6 Å². The number of allylic oxidation sites excluding steroid dienone is 1. The van der Waals surface area contributed by atoms with Crippen molar-refractivity contribution in [2.45, 2.75) is 27.2 Å². The summed E-state index contributed by atoms with van der Waals surface area (Å²) in [4.78, 5) is 17.8. The van der Waals surface area contributed by atoms with Crippen LogP contribution in [-0.4, -0.2) is 27.2 Å². The number of rotatable bonds is 5. The number of amides is 1. The molecule has 2 aromatic heterocycles. The molecular weight excluding hydrogens is 319 g/mol. The molecule has 0 aliphatic carbocycles. The summed E-state index contributed by atoms with van der Waals surface area (Å²) in [7, 11) is 0. The van der Waals surface area contributed by atoms with E-state index in [1.807, 2.05) is 19.9 Å². The lowest BCUT2D eigenvalue weighted by Crippen LogP contribution is -2.31. The van der Waals surface area contributed by atoms with Crippen LogP contribution >= 0.6 is 11.6 Å². The number of hydrogen-bond donors (Lipinski definition) is 0. The molecule has 0 saturated heterocycles. The molecule has 0 atom stereocenters. The molecular formula is C16H18ClFN4O. The molecule has 23 heavy (non-hydrogen) atoms. The van der Waals surface area contributed by atoms with Crippen LogP contribution < -0.4 is 4.90 Å². The van der Waals surface area contributed by atoms with Gasteiger partial charge in [0.1, 0.15) is 11.5 Å². The van der Waals surface area contributed by atoms with Crippen molar-refractivity contribution in [2.24, 2.45) is 0 Å². The van der Waals surface area contributed by atoms with Crippen LogP contribution in [0.3, 0.4) is 0 Å². The highest BCUT2D eigenvalue weighted by Gasteiger charge is 2.21. The number of aromatic nitrogens is 3. The number of nitrogens with zero attached hydrogens (tertiary/aromatic N) is 4. The first-order valence-electron chi connectivity index (χ1n) is 7.32. The Bertz CT molecular complexity index is 741. The number of halogens is 2. The van der Waals surface area contributed by atoms with Crippen molar-refractivity contribution in [3.05, 3.63) is 47.3 Å². The standard InChI is InChI=1S/C16H18ClFN4O/c1-4-6-11(3)16(23)21(5-2)14-10-22(20-15(14)17)13-7-12(18)8-19-9-13/h6-10H,4-5H2,1-3H3. The maximum Gasteiger partial charge on any atom is 0.253 e. The average molecular weight is 337 g/mol. The summed E-state index contributed by atoms with van der Waals surface area (Å²) < 4.78 is 14.7. The van der Waals surface area contributed by atoms with E-state index in [2.05, 4.69) is 10.1 Å². The number of carbonyl (C=O) groups is 1. The Hall–Kier alpha value is -2.21. The van der Waals surface area contributed by atoms with E-state index in [1.54, 1.807) is 18.0 Å². The zero-order valence-corrected chi connectivity index (χ0v) is 14.0. The van der Waals surface area contributed by atoms with Gasteiger partial charge in [-0.2, -0.15) is 5.10 Å². The summed E-state index contributed by atoms with van der Waals surface area (Å²) in [5.74, 6) is -0.603. The third-order valence-corrected chi connectivity index (χ3v) is 3.58. The molecule has 2 rings (SSSR count). The summed E-state index contributed by atoms with van der Waals surface area (Å²) in [6.45, 7) is 6.04. The minimum atomic E-state index is -0.471. The number of anilines is 1. The Morgan fingerprint density at radius 1 is 1.43 bits per heavy atom. The van der Waals surface area contributed by atoms with Crippen molar-refractivity contribution in [3.8, 4) is 5.69 Å². The van der Waals surface area contributed by atoms with Crippen LogP contribution in [0, 0.1) is 5.82 Å². The van der Waals surface area contributed by atoms with Gasteiger partial charge in [-0.05, 0) is 20.3 Å². The first-order chi connectivity index (χ1) is 11.0. The van der Waals surface area contributed by atoms with Crippen molar-refractivity contribution < 1.29 is 9.18 Å². The zero-order valence-electron chi connectivity index (χ0n) is 13.3. The molecule has 122 valence electrons. The van der Waals surface area contributed by atoms with Gasteiger partial charge < -0.3 is 4.90 Å². The normalized spacial score (nSPS) is 11.6. The second-order valence-electron chi connectivity index (χ2n) is 4.96. The lowest BCUT2D eigenvalue weighted by molar-refractivity contribution is -0.115. The van der Waals surface area contributed by atoms with Crippen molar-refractivity contribution in [2.75, 3.05) is 11.4 Å². The van der Waals surface area contributed by atoms with Crippen molar-refractivity contribution in [1.82, 2.24) is 14.8 Å². The molecule has 0 bridgehead atoms. The summed E-state index contributed by atoms with van der Waals surface area (Å²) in [6, 6.07) is 1.29. The van der Waals surface area contributed by atoms with Gasteiger partial charge in [0.2, 0.25) is 0 Å². The van der Waals surface area contributed by atoms with E-state index in [1.165, 1.54) is 16.9 Å². The lowest BCUT2D eigenvalue weighted by Gasteiger charge is -2.19. The van der Waals surface area contributed by atoms with E-state index in [4.69, 9.17) is 11.6 Å². The van der Waals surface area contributed by atoms with E-state index in [0.717, 1.165) is 12.6 Å². The monoisotopic (exact) mass is 336 g/mol. The highest BCUT2D eigenvalue weighted by Crippen LogP contribution is 2.27. The Kier molecular flexibility index (Phi) is 5.50. The molecule has 0 unspecified atom stereocenters. The van der Waals surface area contributed by atoms with Crippen LogP contribution in [0.25, 0.3) is 5.69 Å². The van der Waals surface area contributed by atoms with E-state index < -0.39 is 5.82 Å². The minimum absolute atomic E-state index is 0.131. The van der Waals surface area contributed by atoms with Gasteiger partial charge in [0.25, 0.3) is 5.91 Å². The zero-order chi connectivity index (χ0) is 17.0. The second-order valence-corrected chi connectivity index (χ2v) is 5.31. The van der Waals surface area contributed by atoms with Crippen LogP contribution in [0.2, 0.25) is 5.15 Å². The predicted molar refractivity (Wildman–Crippen MR) is 88.4 cm³/mol. The Morgan fingerprint density at radius 3 is 2.78 bits per heavy atom. The van der Waals surface area contributed by atoms with E-state index in [9.17, 15) is 9.18 Å². The first kappa shape index (κ1) is 17.1. The predicted octanol–water partition coefficient (Wildman–Crippen LogP) is 3.77. The first-order valence-corrected chi connectivity index (χ1v) is 7.70. The summed E-state index contributed by atoms with van der Waals surface area (Å²) in [5.41, 5.74) is 1.56. The van der Waals surface area contributed by atoms with Crippen molar-refractivity contribution >= 4 is 23.2 Å². The molecule has 0 N–H and O–H groups in total. The molecule has 7 heteroatoms. The number of hydrogen-bond acceptors (Lipinski definition) is 3. The number of pyridine rings is 1. The van der Waals surface area contributed by atoms with Crippen LogP contribution in [0.4, 0.5) is 10.1 Å². The summed E-state index contributed by atoms with van der Waals surface area (Å²) in [5, 5.41) is 4.32. The van der Waals surface area contributed by atoms with Gasteiger partial charge in [-0.15, -0.1) is 0 Å². The van der Waals surface area contributed by atoms with E-state index in [0.29, 0.717) is 23.5 Å². The van der Waals surface area contributed by atoms with E-state index >= 15 is 0 Å². The molecule has 0 aliphatic rings. The van der Waals surface area contributed by atoms with Crippen LogP contribution in [0.1, 0.15) is 27.2 Å². The Morgan fingerprint density at radius 2 is 2.17 bits per heavy atom. The fraction of sp³-hybridized carbons (Fsp3) is 0.312. The number of likely N-dealkylation sites (N-methyl/N-ethyl adjacent to an activating group) is 1. The molecule has 0 aliphatic heterocycles. The summed E-state index contributed by atoms with van der Waals surface area (Å²) in [6.07, 6.45) is 6.81. The topological polar surface area (TPSA) is 51.0 Å². The fourth-order valence-electron chi connectivity index (χ4n) is 2.21. The molecule has 2 aromatic rings. The highest BCUT2D eigenvalue weighted by molar-refractivity contribution is 6.32. The third-order valence-electron chi connectivity index (χ3n) is 3.31. The molecule has 5 nitrogen and oxygen atoms in total. The Balaban J connectivity index is 2.39. The summed E-state index contributed by atoms with van der Waals surface area (Å²) >= 11 is 6.17. The minimum Gasteiger partial charge on any atom is -0.305 e. The molecule has 0 aromatic carbocycles. The second kappa shape index (κ2) is 7.37.